The van der Waals surface area contributed by atoms with E-state index >= 15 is 0 Å². The second kappa shape index (κ2) is 6.06. The highest BCUT2D eigenvalue weighted by Crippen LogP contribution is 2.23. The first kappa shape index (κ1) is 13.9. The molecular formula is C15H22N2O2. The largest absolute Gasteiger partial charge is 0.494 e. The van der Waals surface area contributed by atoms with Crippen LogP contribution in [0.15, 0.2) is 24.3 Å². The minimum Gasteiger partial charge on any atom is -0.494 e. The van der Waals surface area contributed by atoms with Gasteiger partial charge < -0.3 is 15.4 Å². The van der Waals surface area contributed by atoms with E-state index < -0.39 is 0 Å². The van der Waals surface area contributed by atoms with Gasteiger partial charge in [0.2, 0.25) is 5.91 Å². The molecule has 2 N–H and O–H groups in total. The molecule has 4 nitrogen and oxygen atoms in total. The molecule has 19 heavy (non-hydrogen) atoms. The molecule has 0 spiro atoms. The lowest BCUT2D eigenvalue weighted by Crippen LogP contribution is -2.27. The molecule has 0 aromatic heterocycles. The molecule has 0 saturated carbocycles. The van der Waals surface area contributed by atoms with Crippen LogP contribution in [0.3, 0.4) is 0 Å². The number of anilines is 1. The summed E-state index contributed by atoms with van der Waals surface area (Å²) in [6.07, 6.45) is 1.48. The fourth-order valence-corrected chi connectivity index (χ4v) is 2.12. The quantitative estimate of drug-likeness (QED) is 0.885. The molecule has 0 bridgehead atoms. The topological polar surface area (TPSA) is 55.6 Å². The highest BCUT2D eigenvalue weighted by molar-refractivity contribution is 5.96. The van der Waals surface area contributed by atoms with Crippen LogP contribution in [0.5, 0.6) is 5.75 Å². The zero-order valence-electron chi connectivity index (χ0n) is 11.6. The molecule has 1 aromatic carbocycles. The van der Waals surface area contributed by atoms with E-state index in [2.05, 4.69) is 13.8 Å². The van der Waals surface area contributed by atoms with Gasteiger partial charge in [-0.15, -0.1) is 0 Å². The highest BCUT2D eigenvalue weighted by atomic mass is 16.5. The average molecular weight is 262 g/mol. The van der Waals surface area contributed by atoms with Gasteiger partial charge >= 0.3 is 0 Å². The predicted molar refractivity (Wildman–Crippen MR) is 76.3 cm³/mol. The third-order valence-corrected chi connectivity index (χ3v) is 3.27. The minimum absolute atomic E-state index is 0.0468. The van der Waals surface area contributed by atoms with Crippen molar-refractivity contribution >= 4 is 11.6 Å². The van der Waals surface area contributed by atoms with Crippen molar-refractivity contribution in [2.45, 2.75) is 32.7 Å². The number of hydrogen-bond acceptors (Lipinski definition) is 3. The Labute approximate surface area is 114 Å². The van der Waals surface area contributed by atoms with Crippen molar-refractivity contribution in [2.75, 3.05) is 18.1 Å². The molecule has 1 aliphatic heterocycles. The third kappa shape index (κ3) is 3.70. The number of hydrogen-bond donors (Lipinski definition) is 1. The van der Waals surface area contributed by atoms with E-state index in [4.69, 9.17) is 10.5 Å². The first-order valence-electron chi connectivity index (χ1n) is 6.85. The Kier molecular flexibility index (Phi) is 4.43. The summed E-state index contributed by atoms with van der Waals surface area (Å²) in [7, 11) is 0. The van der Waals surface area contributed by atoms with Crippen LogP contribution < -0.4 is 15.4 Å². The Morgan fingerprint density at radius 3 is 2.58 bits per heavy atom. The van der Waals surface area contributed by atoms with Crippen molar-refractivity contribution < 1.29 is 9.53 Å². The first-order valence-corrected chi connectivity index (χ1v) is 6.85. The third-order valence-electron chi connectivity index (χ3n) is 3.27. The van der Waals surface area contributed by atoms with E-state index in [1.807, 2.05) is 24.3 Å². The molecule has 1 amide bonds. The number of carbonyl (C=O) groups excluding carboxylic acids is 1. The van der Waals surface area contributed by atoms with Gasteiger partial charge in [0, 0.05) is 24.7 Å². The summed E-state index contributed by atoms with van der Waals surface area (Å²) in [5.41, 5.74) is 6.69. The molecule has 104 valence electrons. The maximum absolute atomic E-state index is 11.7. The van der Waals surface area contributed by atoms with Crippen LogP contribution >= 0.6 is 0 Å². The van der Waals surface area contributed by atoms with Crippen LogP contribution in [0.25, 0.3) is 0 Å². The lowest BCUT2D eigenvalue weighted by atomic mass is 10.1. The normalized spacial score (nSPS) is 19.3. The number of nitrogens with two attached hydrogens (primary N) is 1. The van der Waals surface area contributed by atoms with Gasteiger partial charge in [-0.1, -0.05) is 13.8 Å². The molecule has 4 heteroatoms. The molecule has 0 aliphatic carbocycles. The van der Waals surface area contributed by atoms with E-state index in [9.17, 15) is 4.79 Å². The van der Waals surface area contributed by atoms with Crippen LogP contribution in [0.2, 0.25) is 0 Å². The van der Waals surface area contributed by atoms with Gasteiger partial charge in [0.15, 0.2) is 0 Å². The number of carbonyl (C=O) groups is 1. The maximum Gasteiger partial charge on any atom is 0.228 e. The standard InChI is InChI=1S/C15H22N2O2/c1-11(2)7-8-19-14-5-3-13(4-6-14)17-10-12(16)9-15(17)18/h3-6,11-12H,7-10,16H2,1-2H3. The monoisotopic (exact) mass is 262 g/mol. The van der Waals surface area contributed by atoms with Crippen LogP contribution in [-0.2, 0) is 4.79 Å². The van der Waals surface area contributed by atoms with Crippen LogP contribution in [0, 0.1) is 5.92 Å². The van der Waals surface area contributed by atoms with Gasteiger partial charge in [-0.25, -0.2) is 0 Å². The maximum atomic E-state index is 11.7. The van der Waals surface area contributed by atoms with Crippen molar-refractivity contribution in [3.8, 4) is 5.75 Å². The van der Waals surface area contributed by atoms with E-state index in [-0.39, 0.29) is 11.9 Å². The fourth-order valence-electron chi connectivity index (χ4n) is 2.12. The number of rotatable bonds is 5. The lowest BCUT2D eigenvalue weighted by molar-refractivity contribution is -0.117. The summed E-state index contributed by atoms with van der Waals surface area (Å²) in [6.45, 7) is 5.68. The summed E-state index contributed by atoms with van der Waals surface area (Å²) in [6, 6.07) is 7.61. The molecule has 2 rings (SSSR count). The Morgan fingerprint density at radius 2 is 2.05 bits per heavy atom. The number of ether oxygens (including phenoxy) is 1. The number of nitrogens with zero attached hydrogens (tertiary/aromatic N) is 1. The van der Waals surface area contributed by atoms with Gasteiger partial charge in [-0.05, 0) is 36.6 Å². The van der Waals surface area contributed by atoms with Crippen LogP contribution in [-0.4, -0.2) is 25.1 Å². The number of benzene rings is 1. The Balaban J connectivity index is 1.93. The van der Waals surface area contributed by atoms with Crippen molar-refractivity contribution in [1.82, 2.24) is 0 Å². The predicted octanol–water partition coefficient (Wildman–Crippen LogP) is 2.18. The average Bonchev–Trinajstić information content (AvgIpc) is 2.69. The molecule has 0 radical (unpaired) electrons. The zero-order valence-corrected chi connectivity index (χ0v) is 11.6. The van der Waals surface area contributed by atoms with Crippen molar-refractivity contribution in [1.29, 1.82) is 0 Å². The van der Waals surface area contributed by atoms with Crippen LogP contribution in [0.4, 0.5) is 5.69 Å². The summed E-state index contributed by atoms with van der Waals surface area (Å²) in [4.78, 5) is 13.5. The van der Waals surface area contributed by atoms with Gasteiger partial charge in [0.25, 0.3) is 0 Å². The summed E-state index contributed by atoms with van der Waals surface area (Å²) < 4.78 is 5.65. The molecule has 1 atom stereocenters. The van der Waals surface area contributed by atoms with Gasteiger partial charge in [-0.3, -0.25) is 4.79 Å². The minimum atomic E-state index is -0.0468. The lowest BCUT2D eigenvalue weighted by Gasteiger charge is -2.16. The number of amides is 1. The van der Waals surface area contributed by atoms with E-state index in [1.165, 1.54) is 0 Å². The highest BCUT2D eigenvalue weighted by Gasteiger charge is 2.27. The van der Waals surface area contributed by atoms with Gasteiger partial charge in [0.05, 0.1) is 6.61 Å². The SMILES string of the molecule is CC(C)CCOc1ccc(N2CC(N)CC2=O)cc1. The molecule has 1 aromatic rings. The van der Waals surface area contributed by atoms with Crippen molar-refractivity contribution in [2.24, 2.45) is 11.7 Å². The molecule has 1 saturated heterocycles. The molecule has 1 heterocycles. The van der Waals surface area contributed by atoms with Gasteiger partial charge in [-0.2, -0.15) is 0 Å². The zero-order chi connectivity index (χ0) is 13.8. The molecule has 1 aliphatic rings. The Bertz CT molecular complexity index is 428. The van der Waals surface area contributed by atoms with E-state index in [1.54, 1.807) is 4.90 Å². The Morgan fingerprint density at radius 1 is 1.37 bits per heavy atom. The Hall–Kier alpha value is -1.55. The van der Waals surface area contributed by atoms with Crippen LogP contribution in [0.1, 0.15) is 26.7 Å². The first-order chi connectivity index (χ1) is 9.06. The van der Waals surface area contributed by atoms with Crippen molar-refractivity contribution in [3.05, 3.63) is 24.3 Å². The molecule has 1 fully saturated rings. The van der Waals surface area contributed by atoms with Crippen molar-refractivity contribution in [3.63, 3.8) is 0 Å². The fraction of sp³-hybridized carbons (Fsp3) is 0.533. The van der Waals surface area contributed by atoms with E-state index in [0.29, 0.717) is 18.9 Å². The summed E-state index contributed by atoms with van der Waals surface area (Å²) in [5, 5.41) is 0. The summed E-state index contributed by atoms with van der Waals surface area (Å²) >= 11 is 0. The summed E-state index contributed by atoms with van der Waals surface area (Å²) in [5.74, 6) is 1.59. The second-order valence-electron chi connectivity index (χ2n) is 5.49. The molecular weight excluding hydrogens is 240 g/mol. The second-order valence-corrected chi connectivity index (χ2v) is 5.49. The van der Waals surface area contributed by atoms with Gasteiger partial charge in [0.1, 0.15) is 5.75 Å². The molecule has 1 unspecified atom stereocenters. The smallest absolute Gasteiger partial charge is 0.228 e. The van der Waals surface area contributed by atoms with E-state index in [0.717, 1.165) is 24.5 Å².